The second-order valence-electron chi connectivity index (χ2n) is 4.91. The number of benzene rings is 2. The molecule has 2 N–H and O–H groups in total. The number of anilines is 1. The van der Waals surface area contributed by atoms with Crippen molar-refractivity contribution in [2.45, 2.75) is 11.8 Å². The van der Waals surface area contributed by atoms with Gasteiger partial charge in [-0.1, -0.05) is 40.9 Å². The van der Waals surface area contributed by atoms with E-state index in [4.69, 9.17) is 34.8 Å². The lowest BCUT2D eigenvalue weighted by Crippen LogP contribution is -2.33. The van der Waals surface area contributed by atoms with Crippen LogP contribution in [0.3, 0.4) is 0 Å². The molecule has 0 aliphatic rings. The number of carbonyl (C=O) groups excluding carboxylic acids is 1. The molecule has 2 aromatic carbocycles. The van der Waals surface area contributed by atoms with Crippen molar-refractivity contribution in [1.29, 1.82) is 0 Å². The smallest absolute Gasteiger partial charge is 0.242 e. The molecule has 2 aromatic rings. The minimum atomic E-state index is -3.97. The van der Waals surface area contributed by atoms with E-state index < -0.39 is 22.5 Å². The van der Waals surface area contributed by atoms with Crippen LogP contribution in [-0.2, 0) is 14.8 Å². The summed E-state index contributed by atoms with van der Waals surface area (Å²) in [4.78, 5) is 11.7. The van der Waals surface area contributed by atoms with Crippen LogP contribution in [0.4, 0.5) is 5.69 Å². The first-order valence-electron chi connectivity index (χ1n) is 6.70. The van der Waals surface area contributed by atoms with E-state index in [2.05, 4.69) is 10.0 Å². The number of carbonyl (C=O) groups is 1. The Morgan fingerprint density at radius 1 is 1.04 bits per heavy atom. The highest BCUT2D eigenvalue weighted by atomic mass is 35.5. The maximum Gasteiger partial charge on any atom is 0.242 e. The van der Waals surface area contributed by atoms with Crippen molar-refractivity contribution in [3.8, 4) is 0 Å². The van der Waals surface area contributed by atoms with Crippen molar-refractivity contribution in [2.75, 3.05) is 11.9 Å². The van der Waals surface area contributed by atoms with Gasteiger partial charge < -0.3 is 5.32 Å². The maximum atomic E-state index is 12.2. The third-order valence-electron chi connectivity index (χ3n) is 3.06. The van der Waals surface area contributed by atoms with E-state index >= 15 is 0 Å². The fourth-order valence-corrected chi connectivity index (χ4v) is 3.72. The van der Waals surface area contributed by atoms with Gasteiger partial charge in [-0.3, -0.25) is 4.79 Å². The van der Waals surface area contributed by atoms with Gasteiger partial charge in [0.25, 0.3) is 0 Å². The third-order valence-corrected chi connectivity index (χ3v) is 5.59. The summed E-state index contributed by atoms with van der Waals surface area (Å²) in [6.07, 6.45) is 0. The molecule has 0 unspecified atom stereocenters. The van der Waals surface area contributed by atoms with Crippen LogP contribution in [0.15, 0.2) is 41.3 Å². The van der Waals surface area contributed by atoms with Gasteiger partial charge in [-0.25, -0.2) is 13.1 Å². The first-order valence-corrected chi connectivity index (χ1v) is 9.31. The van der Waals surface area contributed by atoms with Crippen LogP contribution in [0, 0.1) is 6.92 Å². The van der Waals surface area contributed by atoms with Gasteiger partial charge in [-0.15, -0.1) is 0 Å². The lowest BCUT2D eigenvalue weighted by atomic mass is 10.2. The van der Waals surface area contributed by atoms with Crippen LogP contribution in [0.1, 0.15) is 5.56 Å². The summed E-state index contributed by atoms with van der Waals surface area (Å²) in [6, 6.07) is 9.04. The monoisotopic (exact) mass is 406 g/mol. The van der Waals surface area contributed by atoms with Crippen molar-refractivity contribution in [3.05, 3.63) is 57.0 Å². The van der Waals surface area contributed by atoms with Crippen molar-refractivity contribution < 1.29 is 13.2 Å². The zero-order chi connectivity index (χ0) is 17.9. The van der Waals surface area contributed by atoms with Gasteiger partial charge in [-0.05, 0) is 42.8 Å². The first kappa shape index (κ1) is 19.0. The molecule has 24 heavy (non-hydrogen) atoms. The summed E-state index contributed by atoms with van der Waals surface area (Å²) in [7, 11) is -3.97. The number of nitrogens with one attached hydrogen (secondary N) is 2. The van der Waals surface area contributed by atoms with Gasteiger partial charge in [0, 0.05) is 15.7 Å². The Hall–Kier alpha value is -1.31. The fourth-order valence-electron chi connectivity index (χ4n) is 1.80. The third kappa shape index (κ3) is 4.84. The summed E-state index contributed by atoms with van der Waals surface area (Å²) in [5.74, 6) is -0.545. The van der Waals surface area contributed by atoms with Crippen LogP contribution in [0.5, 0.6) is 0 Å². The Balaban J connectivity index is 2.05. The van der Waals surface area contributed by atoms with Crippen molar-refractivity contribution in [3.63, 3.8) is 0 Å². The summed E-state index contributed by atoms with van der Waals surface area (Å²) in [5, 5.41) is 3.28. The molecule has 0 aliphatic heterocycles. The number of sulfonamides is 1. The summed E-state index contributed by atoms with van der Waals surface area (Å²) < 4.78 is 26.6. The number of hydrogen-bond acceptors (Lipinski definition) is 3. The zero-order valence-electron chi connectivity index (χ0n) is 12.4. The van der Waals surface area contributed by atoms with Gasteiger partial charge in [0.1, 0.15) is 4.90 Å². The number of aryl methyl sites for hydroxylation is 1. The predicted octanol–water partition coefficient (Wildman–Crippen LogP) is 3.87. The second kappa shape index (κ2) is 7.72. The van der Waals surface area contributed by atoms with E-state index in [9.17, 15) is 13.2 Å². The molecule has 0 fully saturated rings. The first-order chi connectivity index (χ1) is 11.2. The maximum absolute atomic E-state index is 12.2. The molecule has 2 rings (SSSR count). The number of amides is 1. The van der Waals surface area contributed by atoms with E-state index in [1.54, 1.807) is 18.2 Å². The average molecular weight is 408 g/mol. The van der Waals surface area contributed by atoms with Gasteiger partial charge in [-0.2, -0.15) is 0 Å². The molecular weight excluding hydrogens is 395 g/mol. The van der Waals surface area contributed by atoms with E-state index in [0.717, 1.165) is 5.56 Å². The van der Waals surface area contributed by atoms with Crippen LogP contribution in [0.2, 0.25) is 15.1 Å². The minimum Gasteiger partial charge on any atom is -0.325 e. The molecular formula is C15H13Cl3N2O3S. The molecule has 9 heteroatoms. The van der Waals surface area contributed by atoms with Crippen LogP contribution >= 0.6 is 34.8 Å². The highest BCUT2D eigenvalue weighted by Crippen LogP contribution is 2.24. The molecule has 0 spiro atoms. The zero-order valence-corrected chi connectivity index (χ0v) is 15.5. The molecule has 0 atom stereocenters. The molecule has 0 aromatic heterocycles. The lowest BCUT2D eigenvalue weighted by Gasteiger charge is -2.10. The standard InChI is InChI=1S/C15H13Cl3N2O3S/c1-9-2-4-11(7-13(9)18)20-15(21)8-19-24(22,23)14-6-10(16)3-5-12(14)17/h2-7,19H,8H2,1H3,(H,20,21). The SMILES string of the molecule is Cc1ccc(NC(=O)CNS(=O)(=O)c2cc(Cl)ccc2Cl)cc1Cl. The molecule has 5 nitrogen and oxygen atoms in total. The highest BCUT2D eigenvalue weighted by molar-refractivity contribution is 7.89. The molecule has 0 heterocycles. The van der Waals surface area contributed by atoms with Crippen LogP contribution in [-0.4, -0.2) is 20.9 Å². The largest absolute Gasteiger partial charge is 0.325 e. The number of hydrogen-bond donors (Lipinski definition) is 2. The molecule has 0 saturated heterocycles. The number of rotatable bonds is 5. The Kier molecular flexibility index (Phi) is 6.11. The summed E-state index contributed by atoms with van der Waals surface area (Å²) >= 11 is 17.6. The molecule has 0 saturated carbocycles. The fraction of sp³-hybridized carbons (Fsp3) is 0.133. The van der Waals surface area contributed by atoms with E-state index in [1.807, 2.05) is 6.92 Å². The normalized spacial score (nSPS) is 11.3. The molecule has 0 bridgehead atoms. The van der Waals surface area contributed by atoms with Gasteiger partial charge in [0.05, 0.1) is 11.6 Å². The summed E-state index contributed by atoms with van der Waals surface area (Å²) in [5.41, 5.74) is 1.33. The van der Waals surface area contributed by atoms with E-state index in [0.29, 0.717) is 10.7 Å². The van der Waals surface area contributed by atoms with Crippen LogP contribution in [0.25, 0.3) is 0 Å². The van der Waals surface area contributed by atoms with Crippen molar-refractivity contribution >= 4 is 56.4 Å². The molecule has 1 amide bonds. The molecule has 128 valence electrons. The van der Waals surface area contributed by atoms with E-state index in [-0.39, 0.29) is 14.9 Å². The van der Waals surface area contributed by atoms with Gasteiger partial charge in [0.2, 0.25) is 15.9 Å². The van der Waals surface area contributed by atoms with Crippen LogP contribution < -0.4 is 10.0 Å². The lowest BCUT2D eigenvalue weighted by molar-refractivity contribution is -0.115. The van der Waals surface area contributed by atoms with Crippen molar-refractivity contribution in [2.24, 2.45) is 0 Å². The van der Waals surface area contributed by atoms with Gasteiger partial charge in [0.15, 0.2) is 0 Å². The highest BCUT2D eigenvalue weighted by Gasteiger charge is 2.19. The second-order valence-corrected chi connectivity index (χ2v) is 7.90. The average Bonchev–Trinajstić information content (AvgIpc) is 2.51. The van der Waals surface area contributed by atoms with E-state index in [1.165, 1.54) is 18.2 Å². The molecule has 0 radical (unpaired) electrons. The minimum absolute atomic E-state index is 0.0117. The topological polar surface area (TPSA) is 75.3 Å². The Morgan fingerprint density at radius 2 is 1.75 bits per heavy atom. The Bertz CT molecular complexity index is 886. The Morgan fingerprint density at radius 3 is 2.42 bits per heavy atom. The number of halogens is 3. The predicted molar refractivity (Wildman–Crippen MR) is 96.5 cm³/mol. The quantitative estimate of drug-likeness (QED) is 0.790. The van der Waals surface area contributed by atoms with Crippen molar-refractivity contribution in [1.82, 2.24) is 4.72 Å². The van der Waals surface area contributed by atoms with Gasteiger partial charge >= 0.3 is 0 Å². The Labute approximate surface area is 155 Å². The molecule has 0 aliphatic carbocycles. The summed E-state index contributed by atoms with van der Waals surface area (Å²) in [6.45, 7) is 1.37.